The van der Waals surface area contributed by atoms with Crippen LogP contribution in [0.1, 0.15) is 26.2 Å². The summed E-state index contributed by atoms with van der Waals surface area (Å²) in [6, 6.07) is 2.70. The van der Waals surface area contributed by atoms with Crippen LogP contribution in [-0.4, -0.2) is 13.7 Å². The number of unbranched alkanes of at least 4 members (excludes halogenated alkanes) is 2. The fourth-order valence-corrected chi connectivity index (χ4v) is 1.37. The maximum Gasteiger partial charge on any atom is 0.167 e. The van der Waals surface area contributed by atoms with Gasteiger partial charge in [0, 0.05) is 12.1 Å². The summed E-state index contributed by atoms with van der Waals surface area (Å²) in [6.07, 6.45) is 3.10. The smallest absolute Gasteiger partial charge is 0.167 e. The molecule has 1 rings (SSSR count). The molecular weight excluding hydrogens is 209 g/mol. The number of methoxy groups -OCH3 is 1. The number of hydrogen-bond acceptors (Lipinski definition) is 3. The highest BCUT2D eigenvalue weighted by Gasteiger charge is 2.09. The van der Waals surface area contributed by atoms with Crippen LogP contribution >= 0.6 is 0 Å². The van der Waals surface area contributed by atoms with Crippen LogP contribution in [0.25, 0.3) is 0 Å². The molecule has 16 heavy (non-hydrogen) atoms. The lowest BCUT2D eigenvalue weighted by Gasteiger charge is -2.10. The monoisotopic (exact) mass is 227 g/mol. The first-order chi connectivity index (χ1) is 7.69. The molecule has 90 valence electrons. The molecule has 1 aromatic rings. The van der Waals surface area contributed by atoms with Crippen LogP contribution in [0.15, 0.2) is 12.1 Å². The standard InChI is InChI=1S/C12H18FNO2/c1-3-4-5-6-16-11-8-12(15-2)10(14)7-9(11)13/h7-8H,3-6,14H2,1-2H3. The van der Waals surface area contributed by atoms with Crippen molar-refractivity contribution >= 4 is 5.69 Å². The van der Waals surface area contributed by atoms with Crippen LogP contribution in [0.3, 0.4) is 0 Å². The Morgan fingerprint density at radius 3 is 2.62 bits per heavy atom. The minimum absolute atomic E-state index is 0.196. The van der Waals surface area contributed by atoms with Gasteiger partial charge in [-0.1, -0.05) is 19.8 Å². The first-order valence-electron chi connectivity index (χ1n) is 5.44. The van der Waals surface area contributed by atoms with E-state index in [0.29, 0.717) is 12.4 Å². The van der Waals surface area contributed by atoms with Crippen molar-refractivity contribution in [3.05, 3.63) is 17.9 Å². The van der Waals surface area contributed by atoms with Crippen molar-refractivity contribution in [3.8, 4) is 11.5 Å². The molecule has 2 N–H and O–H groups in total. The van der Waals surface area contributed by atoms with E-state index in [0.717, 1.165) is 19.3 Å². The predicted molar refractivity (Wildman–Crippen MR) is 62.4 cm³/mol. The van der Waals surface area contributed by atoms with Crippen molar-refractivity contribution < 1.29 is 13.9 Å². The number of rotatable bonds is 6. The number of nitrogens with two attached hydrogens (primary N) is 1. The highest BCUT2D eigenvalue weighted by atomic mass is 19.1. The highest BCUT2D eigenvalue weighted by molar-refractivity contribution is 5.56. The molecule has 0 heterocycles. The number of anilines is 1. The zero-order valence-corrected chi connectivity index (χ0v) is 9.75. The van der Waals surface area contributed by atoms with Gasteiger partial charge < -0.3 is 15.2 Å². The lowest BCUT2D eigenvalue weighted by atomic mass is 10.2. The van der Waals surface area contributed by atoms with Gasteiger partial charge in [0.2, 0.25) is 0 Å². The van der Waals surface area contributed by atoms with Gasteiger partial charge in [0.15, 0.2) is 11.6 Å². The Labute approximate surface area is 95.4 Å². The number of hydrogen-bond donors (Lipinski definition) is 1. The van der Waals surface area contributed by atoms with E-state index in [1.165, 1.54) is 19.2 Å². The number of benzene rings is 1. The van der Waals surface area contributed by atoms with E-state index in [1.807, 2.05) is 0 Å². The van der Waals surface area contributed by atoms with Gasteiger partial charge in [-0.2, -0.15) is 0 Å². The van der Waals surface area contributed by atoms with E-state index in [4.69, 9.17) is 15.2 Å². The minimum atomic E-state index is -0.449. The fourth-order valence-electron chi connectivity index (χ4n) is 1.37. The first-order valence-corrected chi connectivity index (χ1v) is 5.44. The zero-order valence-electron chi connectivity index (χ0n) is 9.75. The maximum atomic E-state index is 13.4. The molecule has 4 heteroatoms. The quantitative estimate of drug-likeness (QED) is 0.600. The molecule has 0 aromatic heterocycles. The van der Waals surface area contributed by atoms with Crippen molar-refractivity contribution in [2.75, 3.05) is 19.5 Å². The predicted octanol–water partition coefficient (Wildman–Crippen LogP) is 2.99. The molecule has 1 aromatic carbocycles. The third-order valence-electron chi connectivity index (χ3n) is 2.29. The Kier molecular flexibility index (Phi) is 4.89. The van der Waals surface area contributed by atoms with Gasteiger partial charge in [-0.3, -0.25) is 0 Å². The van der Waals surface area contributed by atoms with E-state index in [-0.39, 0.29) is 11.4 Å². The molecule has 0 saturated heterocycles. The Hall–Kier alpha value is -1.45. The molecule has 0 saturated carbocycles. The summed E-state index contributed by atoms with van der Waals surface area (Å²) in [5.41, 5.74) is 5.84. The average Bonchev–Trinajstić information content (AvgIpc) is 2.27. The molecule has 0 fully saturated rings. The Bertz CT molecular complexity index is 342. The third kappa shape index (κ3) is 3.29. The summed E-state index contributed by atoms with van der Waals surface area (Å²) in [5, 5.41) is 0. The van der Waals surface area contributed by atoms with Gasteiger partial charge in [0.05, 0.1) is 19.4 Å². The van der Waals surface area contributed by atoms with Crippen LogP contribution in [0, 0.1) is 5.82 Å². The summed E-state index contributed by atoms with van der Waals surface area (Å²) in [4.78, 5) is 0. The lowest BCUT2D eigenvalue weighted by Crippen LogP contribution is -2.01. The van der Waals surface area contributed by atoms with Crippen LogP contribution < -0.4 is 15.2 Å². The van der Waals surface area contributed by atoms with Crippen LogP contribution in [-0.2, 0) is 0 Å². The fraction of sp³-hybridized carbons (Fsp3) is 0.500. The van der Waals surface area contributed by atoms with Gasteiger partial charge in [0.25, 0.3) is 0 Å². The van der Waals surface area contributed by atoms with E-state index in [2.05, 4.69) is 6.92 Å². The van der Waals surface area contributed by atoms with Crippen molar-refractivity contribution in [1.82, 2.24) is 0 Å². The van der Waals surface area contributed by atoms with Crippen molar-refractivity contribution in [1.29, 1.82) is 0 Å². The Balaban J connectivity index is 2.64. The molecule has 0 amide bonds. The van der Waals surface area contributed by atoms with Crippen LogP contribution in [0.5, 0.6) is 11.5 Å². The molecule has 0 bridgehead atoms. The second-order valence-corrected chi connectivity index (χ2v) is 3.58. The summed E-state index contributed by atoms with van der Waals surface area (Å²) in [6.45, 7) is 2.62. The van der Waals surface area contributed by atoms with E-state index in [1.54, 1.807) is 0 Å². The molecule has 0 spiro atoms. The molecule has 0 aliphatic heterocycles. The van der Waals surface area contributed by atoms with Crippen molar-refractivity contribution in [3.63, 3.8) is 0 Å². The molecule has 0 aliphatic rings. The Morgan fingerprint density at radius 2 is 2.00 bits per heavy atom. The van der Waals surface area contributed by atoms with Gasteiger partial charge in [-0.15, -0.1) is 0 Å². The second-order valence-electron chi connectivity index (χ2n) is 3.58. The third-order valence-corrected chi connectivity index (χ3v) is 2.29. The van der Waals surface area contributed by atoms with Crippen molar-refractivity contribution in [2.45, 2.75) is 26.2 Å². The van der Waals surface area contributed by atoms with E-state index >= 15 is 0 Å². The number of halogens is 1. The van der Waals surface area contributed by atoms with Crippen LogP contribution in [0.2, 0.25) is 0 Å². The number of ether oxygens (including phenoxy) is 2. The van der Waals surface area contributed by atoms with E-state index < -0.39 is 5.82 Å². The average molecular weight is 227 g/mol. The zero-order chi connectivity index (χ0) is 12.0. The molecule has 3 nitrogen and oxygen atoms in total. The maximum absolute atomic E-state index is 13.4. The molecule has 0 unspecified atom stereocenters. The summed E-state index contributed by atoms with van der Waals surface area (Å²) in [5.74, 6) is 0.184. The lowest BCUT2D eigenvalue weighted by molar-refractivity contribution is 0.289. The van der Waals surface area contributed by atoms with Gasteiger partial charge in [-0.25, -0.2) is 4.39 Å². The largest absolute Gasteiger partial charge is 0.494 e. The molecule has 0 radical (unpaired) electrons. The SMILES string of the molecule is CCCCCOc1cc(OC)c(N)cc1F. The second kappa shape index (κ2) is 6.20. The highest BCUT2D eigenvalue weighted by Crippen LogP contribution is 2.29. The van der Waals surface area contributed by atoms with E-state index in [9.17, 15) is 4.39 Å². The Morgan fingerprint density at radius 1 is 1.25 bits per heavy atom. The molecular formula is C12H18FNO2. The first kappa shape index (κ1) is 12.6. The summed E-state index contributed by atoms with van der Waals surface area (Å²) in [7, 11) is 1.49. The number of nitrogen functional groups attached to an aromatic ring is 1. The topological polar surface area (TPSA) is 44.5 Å². The molecule has 0 aliphatic carbocycles. The van der Waals surface area contributed by atoms with Gasteiger partial charge >= 0.3 is 0 Å². The van der Waals surface area contributed by atoms with Gasteiger partial charge in [-0.05, 0) is 6.42 Å². The minimum Gasteiger partial charge on any atom is -0.494 e. The summed E-state index contributed by atoms with van der Waals surface area (Å²) >= 11 is 0. The van der Waals surface area contributed by atoms with Gasteiger partial charge in [0.1, 0.15) is 5.75 Å². The molecule has 0 atom stereocenters. The van der Waals surface area contributed by atoms with Crippen molar-refractivity contribution in [2.24, 2.45) is 0 Å². The normalized spacial score (nSPS) is 10.2. The summed E-state index contributed by atoms with van der Waals surface area (Å²) < 4.78 is 23.7. The van der Waals surface area contributed by atoms with Crippen LogP contribution in [0.4, 0.5) is 10.1 Å².